The van der Waals surface area contributed by atoms with E-state index >= 15 is 0 Å². The highest BCUT2D eigenvalue weighted by Crippen LogP contribution is 2.27. The van der Waals surface area contributed by atoms with E-state index in [1.807, 2.05) is 13.8 Å². The molecule has 0 saturated heterocycles. The van der Waals surface area contributed by atoms with Crippen molar-refractivity contribution in [3.8, 4) is 0 Å². The molecule has 158 valence electrons. The molecule has 1 aliphatic carbocycles. The largest absolute Gasteiger partial charge is 0.354 e. The quantitative estimate of drug-likeness (QED) is 0.476. The van der Waals surface area contributed by atoms with Crippen molar-refractivity contribution < 1.29 is 9.59 Å². The number of carbonyl (C=O) groups is 2. The van der Waals surface area contributed by atoms with Gasteiger partial charge in [0, 0.05) is 20.0 Å². The van der Waals surface area contributed by atoms with E-state index in [1.54, 1.807) is 11.9 Å². The number of nitrogens with one attached hydrogen (secondary N) is 1. The Kier molecular flexibility index (Phi) is 12.4. The van der Waals surface area contributed by atoms with E-state index in [9.17, 15) is 9.59 Å². The number of rotatable bonds is 13. The Labute approximate surface area is 166 Å². The fraction of sp³-hybridized carbons (Fsp3) is 0.909. The van der Waals surface area contributed by atoms with Crippen LogP contribution < -0.4 is 11.1 Å². The van der Waals surface area contributed by atoms with E-state index in [-0.39, 0.29) is 23.8 Å². The summed E-state index contributed by atoms with van der Waals surface area (Å²) in [5.41, 5.74) is 5.50. The van der Waals surface area contributed by atoms with Crippen LogP contribution in [0.3, 0.4) is 0 Å². The van der Waals surface area contributed by atoms with Gasteiger partial charge in [0.1, 0.15) is 6.04 Å². The highest BCUT2D eigenvalue weighted by Gasteiger charge is 2.29. The molecular weight excluding hydrogens is 338 g/mol. The van der Waals surface area contributed by atoms with Gasteiger partial charge < -0.3 is 16.0 Å². The van der Waals surface area contributed by atoms with Gasteiger partial charge in [-0.25, -0.2) is 0 Å². The Morgan fingerprint density at radius 3 is 2.33 bits per heavy atom. The number of unbranched alkanes of at least 4 members (excludes halogenated alkanes) is 3. The summed E-state index contributed by atoms with van der Waals surface area (Å²) in [4.78, 5) is 26.9. The number of nitrogens with two attached hydrogens (primary N) is 1. The third kappa shape index (κ3) is 9.59. The SMILES string of the molecule is CC(C)C(C(=O)NCCCCCCN)N(C)C(=O)CCCC1CCCCC1. The molecule has 1 unspecified atom stereocenters. The lowest BCUT2D eigenvalue weighted by Crippen LogP contribution is -2.50. The smallest absolute Gasteiger partial charge is 0.243 e. The van der Waals surface area contributed by atoms with Gasteiger partial charge in [-0.05, 0) is 44.1 Å². The Morgan fingerprint density at radius 1 is 1.04 bits per heavy atom. The fourth-order valence-corrected chi connectivity index (χ4v) is 4.21. The Hall–Kier alpha value is -1.10. The summed E-state index contributed by atoms with van der Waals surface area (Å²) in [6, 6.07) is -0.378. The van der Waals surface area contributed by atoms with Crippen LogP contribution in [0.4, 0.5) is 0 Å². The van der Waals surface area contributed by atoms with E-state index in [2.05, 4.69) is 5.32 Å². The van der Waals surface area contributed by atoms with Gasteiger partial charge >= 0.3 is 0 Å². The molecule has 0 aromatic carbocycles. The first-order chi connectivity index (χ1) is 13.0. The minimum Gasteiger partial charge on any atom is -0.354 e. The Balaban J connectivity index is 2.35. The molecular formula is C22H43N3O2. The first kappa shape index (κ1) is 23.9. The topological polar surface area (TPSA) is 75.4 Å². The van der Waals surface area contributed by atoms with Crippen molar-refractivity contribution in [2.24, 2.45) is 17.6 Å². The summed E-state index contributed by atoms with van der Waals surface area (Å²) < 4.78 is 0. The average molecular weight is 382 g/mol. The van der Waals surface area contributed by atoms with Crippen molar-refractivity contribution in [2.75, 3.05) is 20.1 Å². The lowest BCUT2D eigenvalue weighted by molar-refractivity contribution is -0.140. The summed E-state index contributed by atoms with van der Waals surface area (Å²) in [5, 5.41) is 3.02. The molecule has 0 spiro atoms. The predicted molar refractivity (Wildman–Crippen MR) is 112 cm³/mol. The van der Waals surface area contributed by atoms with Crippen molar-refractivity contribution in [3.63, 3.8) is 0 Å². The highest BCUT2D eigenvalue weighted by molar-refractivity contribution is 5.87. The van der Waals surface area contributed by atoms with Crippen LogP contribution in [-0.2, 0) is 9.59 Å². The lowest BCUT2D eigenvalue weighted by atomic mass is 9.86. The van der Waals surface area contributed by atoms with Gasteiger partial charge in [0.2, 0.25) is 11.8 Å². The van der Waals surface area contributed by atoms with Crippen molar-refractivity contribution >= 4 is 11.8 Å². The van der Waals surface area contributed by atoms with E-state index in [4.69, 9.17) is 5.73 Å². The van der Waals surface area contributed by atoms with Gasteiger partial charge in [-0.1, -0.05) is 58.8 Å². The molecule has 0 aromatic rings. The summed E-state index contributed by atoms with van der Waals surface area (Å²) >= 11 is 0. The molecule has 0 aliphatic heterocycles. The van der Waals surface area contributed by atoms with Gasteiger partial charge in [-0.3, -0.25) is 9.59 Å². The zero-order chi connectivity index (χ0) is 20.1. The second kappa shape index (κ2) is 14.0. The van der Waals surface area contributed by atoms with Gasteiger partial charge in [0.05, 0.1) is 0 Å². The summed E-state index contributed by atoms with van der Waals surface area (Å²) in [6.45, 7) is 5.43. The van der Waals surface area contributed by atoms with Crippen LogP contribution in [0.1, 0.15) is 90.9 Å². The first-order valence-electron chi connectivity index (χ1n) is 11.2. The number of amides is 2. The maximum absolute atomic E-state index is 12.6. The number of carbonyl (C=O) groups excluding carboxylic acids is 2. The van der Waals surface area contributed by atoms with Crippen molar-refractivity contribution in [1.82, 2.24) is 10.2 Å². The Bertz CT molecular complexity index is 420. The maximum Gasteiger partial charge on any atom is 0.243 e. The molecule has 0 aromatic heterocycles. The van der Waals surface area contributed by atoms with E-state index < -0.39 is 0 Å². The molecule has 0 bridgehead atoms. The molecule has 1 atom stereocenters. The number of hydrogen-bond donors (Lipinski definition) is 2. The highest BCUT2D eigenvalue weighted by atomic mass is 16.2. The van der Waals surface area contributed by atoms with Crippen molar-refractivity contribution in [3.05, 3.63) is 0 Å². The van der Waals surface area contributed by atoms with Crippen LogP contribution in [0.5, 0.6) is 0 Å². The summed E-state index contributed by atoms with van der Waals surface area (Å²) in [5.74, 6) is 0.990. The Morgan fingerprint density at radius 2 is 1.70 bits per heavy atom. The van der Waals surface area contributed by atoms with Crippen LogP contribution >= 0.6 is 0 Å². The van der Waals surface area contributed by atoms with Crippen LogP contribution in [0, 0.1) is 11.8 Å². The lowest BCUT2D eigenvalue weighted by Gasteiger charge is -2.30. The van der Waals surface area contributed by atoms with Crippen molar-refractivity contribution in [1.29, 1.82) is 0 Å². The third-order valence-electron chi connectivity index (χ3n) is 5.87. The average Bonchev–Trinajstić information content (AvgIpc) is 2.65. The van der Waals surface area contributed by atoms with Crippen LogP contribution in [-0.4, -0.2) is 42.9 Å². The van der Waals surface area contributed by atoms with Gasteiger partial charge in [0.25, 0.3) is 0 Å². The number of nitrogens with zero attached hydrogens (tertiary/aromatic N) is 1. The molecule has 5 heteroatoms. The molecule has 1 aliphatic rings. The molecule has 1 fully saturated rings. The summed E-state index contributed by atoms with van der Waals surface area (Å²) in [7, 11) is 1.79. The molecule has 5 nitrogen and oxygen atoms in total. The molecule has 1 rings (SSSR count). The minimum absolute atomic E-state index is 0.0213. The standard InChI is InChI=1S/C22H43N3O2/c1-18(2)21(22(27)24-17-10-5-4-9-16-23)25(3)20(26)15-11-14-19-12-7-6-8-13-19/h18-19,21H,4-17,23H2,1-3H3,(H,24,27). The monoisotopic (exact) mass is 381 g/mol. The van der Waals surface area contributed by atoms with Gasteiger partial charge in [0.15, 0.2) is 0 Å². The van der Waals surface area contributed by atoms with E-state index in [1.165, 1.54) is 32.1 Å². The minimum atomic E-state index is -0.378. The van der Waals surface area contributed by atoms with Crippen LogP contribution in [0.15, 0.2) is 0 Å². The van der Waals surface area contributed by atoms with Gasteiger partial charge in [-0.2, -0.15) is 0 Å². The molecule has 1 saturated carbocycles. The van der Waals surface area contributed by atoms with E-state index in [0.29, 0.717) is 13.0 Å². The fourth-order valence-electron chi connectivity index (χ4n) is 4.21. The van der Waals surface area contributed by atoms with Crippen molar-refractivity contribution in [2.45, 2.75) is 96.9 Å². The maximum atomic E-state index is 12.6. The third-order valence-corrected chi connectivity index (χ3v) is 5.87. The van der Waals surface area contributed by atoms with Gasteiger partial charge in [-0.15, -0.1) is 0 Å². The zero-order valence-electron chi connectivity index (χ0n) is 18.0. The molecule has 2 amide bonds. The summed E-state index contributed by atoms with van der Waals surface area (Å²) in [6.07, 6.45) is 13.6. The normalized spacial score (nSPS) is 16.3. The number of likely N-dealkylation sites (N-methyl/N-ethyl adjacent to an activating group) is 1. The van der Waals surface area contributed by atoms with Crippen LogP contribution in [0.2, 0.25) is 0 Å². The molecule has 0 radical (unpaired) electrons. The molecule has 0 heterocycles. The van der Waals surface area contributed by atoms with Crippen LogP contribution in [0.25, 0.3) is 0 Å². The zero-order valence-corrected chi connectivity index (χ0v) is 18.0. The second-order valence-corrected chi connectivity index (χ2v) is 8.58. The predicted octanol–water partition coefficient (Wildman–Crippen LogP) is 3.86. The molecule has 27 heavy (non-hydrogen) atoms. The van der Waals surface area contributed by atoms with E-state index in [0.717, 1.165) is 51.0 Å². The first-order valence-corrected chi connectivity index (χ1v) is 11.2. The molecule has 3 N–H and O–H groups in total. The second-order valence-electron chi connectivity index (χ2n) is 8.58. The number of hydrogen-bond acceptors (Lipinski definition) is 3.